The third-order valence-corrected chi connectivity index (χ3v) is 5.57. The summed E-state index contributed by atoms with van der Waals surface area (Å²) in [4.78, 5) is 6.72. The first-order valence-corrected chi connectivity index (χ1v) is 9.96. The van der Waals surface area contributed by atoms with Gasteiger partial charge in [0, 0.05) is 30.7 Å². The second-order valence-electron chi connectivity index (χ2n) is 6.75. The van der Waals surface area contributed by atoms with E-state index < -0.39 is 0 Å². The molecular formula is C22H24N4O2S. The molecule has 0 bridgehead atoms. The molecule has 150 valence electrons. The van der Waals surface area contributed by atoms with Crippen molar-refractivity contribution in [1.82, 2.24) is 14.9 Å². The van der Waals surface area contributed by atoms with E-state index in [0.717, 1.165) is 29.4 Å². The number of nitrogens with zero attached hydrogens (tertiary/aromatic N) is 3. The molecule has 0 unspecified atom stereocenters. The van der Waals surface area contributed by atoms with Crippen LogP contribution in [0.5, 0.6) is 11.5 Å². The van der Waals surface area contributed by atoms with Crippen LogP contribution in [-0.4, -0.2) is 28.9 Å². The predicted octanol–water partition coefficient (Wildman–Crippen LogP) is 4.10. The summed E-state index contributed by atoms with van der Waals surface area (Å²) in [7, 11) is 3.30. The molecule has 2 atom stereocenters. The molecule has 6 nitrogen and oxygen atoms in total. The summed E-state index contributed by atoms with van der Waals surface area (Å²) in [5.41, 5.74) is 2.99. The second kappa shape index (κ2) is 8.13. The lowest BCUT2D eigenvalue weighted by atomic mass is 10.0. The summed E-state index contributed by atoms with van der Waals surface area (Å²) >= 11 is 5.79. The maximum absolute atomic E-state index is 5.79. The lowest BCUT2D eigenvalue weighted by Gasteiger charge is -2.29. The maximum atomic E-state index is 5.79. The van der Waals surface area contributed by atoms with Gasteiger partial charge in [0.15, 0.2) is 5.11 Å². The van der Waals surface area contributed by atoms with Gasteiger partial charge >= 0.3 is 0 Å². The quantitative estimate of drug-likeness (QED) is 0.620. The Bertz CT molecular complexity index is 1010. The number of aryl methyl sites for hydroxylation is 1. The first kappa shape index (κ1) is 19.3. The fourth-order valence-electron chi connectivity index (χ4n) is 3.88. The first-order chi connectivity index (χ1) is 14.2. The number of rotatable bonds is 6. The van der Waals surface area contributed by atoms with Crippen molar-refractivity contribution in [2.75, 3.05) is 19.1 Å². The van der Waals surface area contributed by atoms with Crippen LogP contribution in [0.15, 0.2) is 60.9 Å². The molecule has 1 aliphatic heterocycles. The number of methoxy groups -OCH3 is 2. The number of ether oxygens (including phenoxy) is 2. The summed E-state index contributed by atoms with van der Waals surface area (Å²) in [5.74, 6) is 1.44. The van der Waals surface area contributed by atoms with E-state index in [9.17, 15) is 0 Å². The van der Waals surface area contributed by atoms with Gasteiger partial charge in [0.25, 0.3) is 0 Å². The van der Waals surface area contributed by atoms with E-state index >= 15 is 0 Å². The molecule has 0 spiro atoms. The van der Waals surface area contributed by atoms with Gasteiger partial charge in [0.1, 0.15) is 17.5 Å². The van der Waals surface area contributed by atoms with E-state index in [2.05, 4.69) is 45.0 Å². The first-order valence-electron chi connectivity index (χ1n) is 9.55. The Labute approximate surface area is 176 Å². The van der Waals surface area contributed by atoms with Gasteiger partial charge in [-0.15, -0.1) is 0 Å². The standard InChI is InChI=1S/C22H24N4O2S/c1-4-25-13-7-9-18(25)21-20(16-8-5-6-12-23-16)24-22(29)26(21)17-11-10-15(27-2)14-19(17)28-3/h5-14,20-21H,4H2,1-3H3,(H,24,29)/t20-,21+/m0/s1. The zero-order valence-electron chi connectivity index (χ0n) is 16.7. The van der Waals surface area contributed by atoms with Gasteiger partial charge < -0.3 is 24.3 Å². The lowest BCUT2D eigenvalue weighted by molar-refractivity contribution is 0.394. The van der Waals surface area contributed by atoms with Crippen LogP contribution in [0.3, 0.4) is 0 Å². The van der Waals surface area contributed by atoms with E-state index in [1.165, 1.54) is 0 Å². The molecular weight excluding hydrogens is 384 g/mol. The molecule has 4 rings (SSSR count). The largest absolute Gasteiger partial charge is 0.497 e. The highest BCUT2D eigenvalue weighted by Crippen LogP contribution is 2.45. The maximum Gasteiger partial charge on any atom is 0.174 e. The Balaban J connectivity index is 1.87. The van der Waals surface area contributed by atoms with E-state index in [0.29, 0.717) is 10.9 Å². The smallest absolute Gasteiger partial charge is 0.174 e. The highest BCUT2D eigenvalue weighted by molar-refractivity contribution is 7.80. The number of anilines is 1. The summed E-state index contributed by atoms with van der Waals surface area (Å²) in [6.45, 7) is 3.01. The zero-order valence-corrected chi connectivity index (χ0v) is 17.5. The third kappa shape index (κ3) is 3.42. The third-order valence-electron chi connectivity index (χ3n) is 5.25. The van der Waals surface area contributed by atoms with Crippen LogP contribution in [0.4, 0.5) is 5.69 Å². The van der Waals surface area contributed by atoms with Crippen LogP contribution in [0, 0.1) is 0 Å². The Hall–Kier alpha value is -3.06. The number of thiocarbonyl (C=S) groups is 1. The molecule has 0 aliphatic carbocycles. The Morgan fingerprint density at radius 2 is 1.97 bits per heavy atom. The van der Waals surface area contributed by atoms with E-state index in [4.69, 9.17) is 21.7 Å². The molecule has 3 heterocycles. The fourth-order valence-corrected chi connectivity index (χ4v) is 4.22. The second-order valence-corrected chi connectivity index (χ2v) is 7.14. The van der Waals surface area contributed by atoms with Crippen LogP contribution < -0.4 is 19.7 Å². The number of hydrogen-bond acceptors (Lipinski definition) is 4. The molecule has 0 radical (unpaired) electrons. The van der Waals surface area contributed by atoms with Crippen molar-refractivity contribution in [2.45, 2.75) is 25.6 Å². The molecule has 29 heavy (non-hydrogen) atoms. The summed E-state index contributed by atoms with van der Waals surface area (Å²) in [5, 5.41) is 4.12. The lowest BCUT2D eigenvalue weighted by Crippen LogP contribution is -2.30. The van der Waals surface area contributed by atoms with Crippen LogP contribution in [0.25, 0.3) is 0 Å². The molecule has 2 aromatic heterocycles. The zero-order chi connectivity index (χ0) is 20.4. The van der Waals surface area contributed by atoms with Gasteiger partial charge in [-0.2, -0.15) is 0 Å². The van der Waals surface area contributed by atoms with Crippen LogP contribution in [-0.2, 0) is 6.54 Å². The normalized spacial score (nSPS) is 18.6. The molecule has 1 N–H and O–H groups in total. The Kier molecular flexibility index (Phi) is 5.40. The van der Waals surface area contributed by atoms with Crippen molar-refractivity contribution >= 4 is 23.0 Å². The van der Waals surface area contributed by atoms with Crippen LogP contribution in [0.2, 0.25) is 0 Å². The number of pyridine rings is 1. The molecule has 1 saturated heterocycles. The molecule has 1 aliphatic rings. The minimum absolute atomic E-state index is 0.0744. The van der Waals surface area contributed by atoms with Gasteiger partial charge in [-0.25, -0.2) is 0 Å². The number of benzene rings is 1. The van der Waals surface area contributed by atoms with Gasteiger partial charge in [-0.3, -0.25) is 4.98 Å². The Morgan fingerprint density at radius 3 is 2.66 bits per heavy atom. The molecule has 1 aromatic carbocycles. The molecule has 0 amide bonds. The highest BCUT2D eigenvalue weighted by atomic mass is 32.1. The SMILES string of the molecule is CCn1cccc1[C@@H]1[C@H](c2ccccn2)NC(=S)N1c1ccc(OC)cc1OC. The monoisotopic (exact) mass is 408 g/mol. The predicted molar refractivity (Wildman–Crippen MR) is 118 cm³/mol. The molecule has 0 saturated carbocycles. The van der Waals surface area contributed by atoms with Crippen molar-refractivity contribution in [3.63, 3.8) is 0 Å². The summed E-state index contributed by atoms with van der Waals surface area (Å²) < 4.78 is 13.3. The average molecular weight is 409 g/mol. The Morgan fingerprint density at radius 1 is 1.10 bits per heavy atom. The molecule has 3 aromatic rings. The number of aromatic nitrogens is 2. The number of hydrogen-bond donors (Lipinski definition) is 1. The van der Waals surface area contributed by atoms with Gasteiger partial charge in [-0.05, 0) is 55.5 Å². The minimum Gasteiger partial charge on any atom is -0.497 e. The fraction of sp³-hybridized carbons (Fsp3) is 0.273. The summed E-state index contributed by atoms with van der Waals surface area (Å²) in [6.07, 6.45) is 3.90. The molecule has 7 heteroatoms. The topological polar surface area (TPSA) is 51.6 Å². The van der Waals surface area contributed by atoms with E-state index in [-0.39, 0.29) is 12.1 Å². The van der Waals surface area contributed by atoms with E-state index in [1.807, 2.05) is 42.6 Å². The van der Waals surface area contributed by atoms with Crippen molar-refractivity contribution < 1.29 is 9.47 Å². The van der Waals surface area contributed by atoms with Crippen molar-refractivity contribution in [2.24, 2.45) is 0 Å². The highest BCUT2D eigenvalue weighted by Gasteiger charge is 2.42. The minimum atomic E-state index is -0.0873. The average Bonchev–Trinajstić information content (AvgIpc) is 3.37. The molecule has 1 fully saturated rings. The summed E-state index contributed by atoms with van der Waals surface area (Å²) in [6, 6.07) is 15.8. The van der Waals surface area contributed by atoms with Gasteiger partial charge in [0.05, 0.1) is 31.6 Å². The van der Waals surface area contributed by atoms with Gasteiger partial charge in [-0.1, -0.05) is 6.07 Å². The van der Waals surface area contributed by atoms with Crippen LogP contribution in [0.1, 0.15) is 30.4 Å². The van der Waals surface area contributed by atoms with Gasteiger partial charge in [0.2, 0.25) is 0 Å². The van der Waals surface area contributed by atoms with Crippen LogP contribution >= 0.6 is 12.2 Å². The number of nitrogens with one attached hydrogen (secondary N) is 1. The van der Waals surface area contributed by atoms with E-state index in [1.54, 1.807) is 14.2 Å². The van der Waals surface area contributed by atoms with Crippen molar-refractivity contribution in [1.29, 1.82) is 0 Å². The van der Waals surface area contributed by atoms with Crippen molar-refractivity contribution in [3.8, 4) is 11.5 Å². The van der Waals surface area contributed by atoms with Crippen molar-refractivity contribution in [3.05, 3.63) is 72.3 Å².